The van der Waals surface area contributed by atoms with E-state index < -0.39 is 0 Å². The average Bonchev–Trinajstić information content (AvgIpc) is 3.09. The van der Waals surface area contributed by atoms with Crippen LogP contribution >= 0.6 is 11.3 Å². The molecule has 1 spiro atoms. The van der Waals surface area contributed by atoms with E-state index in [-0.39, 0.29) is 11.5 Å². The summed E-state index contributed by atoms with van der Waals surface area (Å²) >= 11 is 1.52. The topological polar surface area (TPSA) is 32.8 Å². The Labute approximate surface area is 124 Å². The highest BCUT2D eigenvalue weighted by molar-refractivity contribution is 7.12. The molecule has 0 unspecified atom stereocenters. The fraction of sp³-hybridized carbons (Fsp3) is 0.667. The van der Waals surface area contributed by atoms with Gasteiger partial charge in [0.15, 0.2) is 0 Å². The normalized spacial score (nSPS) is 25.6. The monoisotopic (exact) mass is 294 g/mol. The van der Waals surface area contributed by atoms with Crippen LogP contribution in [0.4, 0.5) is 0 Å². The molecule has 0 aromatic carbocycles. The van der Waals surface area contributed by atoms with Gasteiger partial charge in [0.05, 0.1) is 17.1 Å². The minimum Gasteiger partial charge on any atom is -0.373 e. The fourth-order valence-electron chi connectivity index (χ4n) is 3.17. The van der Waals surface area contributed by atoms with Crippen LogP contribution in [0.5, 0.6) is 0 Å². The molecule has 0 N–H and O–H groups in total. The number of thiophene rings is 1. The van der Waals surface area contributed by atoms with Gasteiger partial charge in [0.25, 0.3) is 5.91 Å². The number of carbonyl (C=O) groups is 1. The highest BCUT2D eigenvalue weighted by atomic mass is 32.1. The van der Waals surface area contributed by atoms with Crippen LogP contribution in [0.3, 0.4) is 0 Å². The third kappa shape index (κ3) is 2.62. The minimum atomic E-state index is 0.0150. The van der Waals surface area contributed by atoms with Crippen LogP contribution in [0.25, 0.3) is 0 Å². The van der Waals surface area contributed by atoms with Gasteiger partial charge in [0, 0.05) is 19.1 Å². The lowest BCUT2D eigenvalue weighted by molar-refractivity contribution is -0.0391. The third-order valence-corrected chi connectivity index (χ3v) is 5.47. The zero-order chi connectivity index (χ0) is 14.2. The first-order chi connectivity index (χ1) is 9.60. The second kappa shape index (κ2) is 5.47. The molecule has 2 saturated heterocycles. The summed E-state index contributed by atoms with van der Waals surface area (Å²) in [5.74, 6) is 0.178. The average molecular weight is 294 g/mol. The number of ether oxygens (including phenoxy) is 1. The van der Waals surface area contributed by atoms with Crippen molar-refractivity contribution in [2.45, 2.75) is 30.9 Å². The van der Waals surface area contributed by atoms with Crippen molar-refractivity contribution in [3.05, 3.63) is 22.4 Å². The zero-order valence-electron chi connectivity index (χ0n) is 12.2. The van der Waals surface area contributed by atoms with Gasteiger partial charge >= 0.3 is 0 Å². The number of hydrogen-bond acceptors (Lipinski definition) is 4. The molecule has 2 fully saturated rings. The van der Waals surface area contributed by atoms with E-state index in [4.69, 9.17) is 4.74 Å². The van der Waals surface area contributed by atoms with Crippen molar-refractivity contribution < 1.29 is 9.53 Å². The van der Waals surface area contributed by atoms with E-state index in [1.165, 1.54) is 11.3 Å². The maximum atomic E-state index is 12.3. The standard InChI is InChI=1S/C15H22N2O2S/c1-16(2)12-10-15(19-11-12)5-7-17(8-6-15)14(18)13-4-3-9-20-13/h3-4,9,12H,5-8,10-11H2,1-2H3/t12-/m1/s1. The molecule has 1 amide bonds. The number of nitrogens with zero attached hydrogens (tertiary/aromatic N) is 2. The fourth-order valence-corrected chi connectivity index (χ4v) is 3.86. The summed E-state index contributed by atoms with van der Waals surface area (Å²) in [5, 5.41) is 1.96. The van der Waals surface area contributed by atoms with Gasteiger partial charge in [0.1, 0.15) is 0 Å². The molecule has 5 heteroatoms. The van der Waals surface area contributed by atoms with Gasteiger partial charge in [-0.1, -0.05) is 6.07 Å². The van der Waals surface area contributed by atoms with Crippen molar-refractivity contribution in [3.8, 4) is 0 Å². The van der Waals surface area contributed by atoms with Crippen molar-refractivity contribution in [1.29, 1.82) is 0 Å². The Balaban J connectivity index is 1.59. The van der Waals surface area contributed by atoms with E-state index in [1.807, 2.05) is 22.4 Å². The van der Waals surface area contributed by atoms with Crippen LogP contribution in [-0.4, -0.2) is 61.1 Å². The van der Waals surface area contributed by atoms with Crippen LogP contribution in [0.2, 0.25) is 0 Å². The molecule has 0 aliphatic carbocycles. The summed E-state index contributed by atoms with van der Waals surface area (Å²) in [6.45, 7) is 2.46. The van der Waals surface area contributed by atoms with E-state index in [1.54, 1.807) is 0 Å². The second-order valence-electron chi connectivity index (χ2n) is 6.09. The lowest BCUT2D eigenvalue weighted by atomic mass is 9.87. The van der Waals surface area contributed by atoms with Gasteiger partial charge in [-0.15, -0.1) is 11.3 Å². The number of amides is 1. The predicted molar refractivity (Wildman–Crippen MR) is 80.2 cm³/mol. The summed E-state index contributed by atoms with van der Waals surface area (Å²) < 4.78 is 6.10. The second-order valence-corrected chi connectivity index (χ2v) is 7.03. The number of likely N-dealkylation sites (N-methyl/N-ethyl adjacent to an activating group) is 1. The zero-order valence-corrected chi connectivity index (χ0v) is 13.0. The number of likely N-dealkylation sites (tertiary alicyclic amines) is 1. The maximum absolute atomic E-state index is 12.3. The molecule has 4 nitrogen and oxygen atoms in total. The molecule has 2 aliphatic heterocycles. The number of piperidine rings is 1. The molecular formula is C15H22N2O2S. The van der Waals surface area contributed by atoms with Crippen LogP contribution in [0.15, 0.2) is 17.5 Å². The SMILES string of the molecule is CN(C)[C@H]1COC2(CCN(C(=O)c3cccs3)CC2)C1. The van der Waals surface area contributed by atoms with Gasteiger partial charge in [-0.05, 0) is 44.8 Å². The first-order valence-corrected chi connectivity index (χ1v) is 8.11. The van der Waals surface area contributed by atoms with Crippen molar-refractivity contribution in [2.24, 2.45) is 0 Å². The van der Waals surface area contributed by atoms with Gasteiger partial charge < -0.3 is 14.5 Å². The van der Waals surface area contributed by atoms with Gasteiger partial charge in [-0.2, -0.15) is 0 Å². The summed E-state index contributed by atoms with van der Waals surface area (Å²) in [7, 11) is 4.23. The Kier molecular flexibility index (Phi) is 3.84. The predicted octanol–water partition coefficient (Wildman–Crippen LogP) is 2.07. The van der Waals surface area contributed by atoms with E-state index >= 15 is 0 Å². The quantitative estimate of drug-likeness (QED) is 0.837. The highest BCUT2D eigenvalue weighted by Gasteiger charge is 2.44. The Morgan fingerprint density at radius 3 is 2.75 bits per heavy atom. The summed E-state index contributed by atoms with van der Waals surface area (Å²) in [6.07, 6.45) is 3.03. The smallest absolute Gasteiger partial charge is 0.263 e. The van der Waals surface area contributed by atoms with E-state index in [9.17, 15) is 4.79 Å². The summed E-state index contributed by atoms with van der Waals surface area (Å²) in [4.78, 5) is 17.4. The number of hydrogen-bond donors (Lipinski definition) is 0. The number of rotatable bonds is 2. The molecule has 1 aromatic rings. The molecule has 2 aliphatic rings. The van der Waals surface area contributed by atoms with Gasteiger partial charge in [-0.25, -0.2) is 0 Å². The lowest BCUT2D eigenvalue weighted by Crippen LogP contribution is -2.46. The summed E-state index contributed by atoms with van der Waals surface area (Å²) in [6, 6.07) is 4.37. The van der Waals surface area contributed by atoms with Crippen molar-refractivity contribution in [3.63, 3.8) is 0 Å². The highest BCUT2D eigenvalue weighted by Crippen LogP contribution is 2.37. The minimum absolute atomic E-state index is 0.0150. The van der Waals surface area contributed by atoms with Crippen molar-refractivity contribution in [1.82, 2.24) is 9.80 Å². The lowest BCUT2D eigenvalue weighted by Gasteiger charge is -2.38. The van der Waals surface area contributed by atoms with E-state index in [0.29, 0.717) is 6.04 Å². The van der Waals surface area contributed by atoms with Gasteiger partial charge in [0.2, 0.25) is 0 Å². The molecule has 0 bridgehead atoms. The van der Waals surface area contributed by atoms with E-state index in [2.05, 4.69) is 19.0 Å². The number of carbonyl (C=O) groups excluding carboxylic acids is 1. The van der Waals surface area contributed by atoms with Crippen molar-refractivity contribution in [2.75, 3.05) is 33.8 Å². The van der Waals surface area contributed by atoms with Crippen LogP contribution < -0.4 is 0 Å². The van der Waals surface area contributed by atoms with Crippen molar-refractivity contribution >= 4 is 17.2 Å². The first kappa shape index (κ1) is 14.0. The third-order valence-electron chi connectivity index (χ3n) is 4.61. The molecular weight excluding hydrogens is 272 g/mol. The Hall–Kier alpha value is -0.910. The summed E-state index contributed by atoms with van der Waals surface area (Å²) in [5.41, 5.74) is 0.0150. The Morgan fingerprint density at radius 1 is 1.45 bits per heavy atom. The molecule has 3 rings (SSSR count). The molecule has 110 valence electrons. The largest absolute Gasteiger partial charge is 0.373 e. The molecule has 1 aromatic heterocycles. The van der Waals surface area contributed by atoms with Crippen LogP contribution in [0, 0.1) is 0 Å². The molecule has 20 heavy (non-hydrogen) atoms. The van der Waals surface area contributed by atoms with E-state index in [0.717, 1.165) is 43.8 Å². The molecule has 1 atom stereocenters. The Bertz CT molecular complexity index is 464. The Morgan fingerprint density at radius 2 is 2.20 bits per heavy atom. The van der Waals surface area contributed by atoms with Crippen LogP contribution in [0.1, 0.15) is 28.9 Å². The molecule has 0 radical (unpaired) electrons. The molecule has 3 heterocycles. The van der Waals surface area contributed by atoms with Crippen LogP contribution in [-0.2, 0) is 4.74 Å². The molecule has 0 saturated carbocycles. The van der Waals surface area contributed by atoms with Gasteiger partial charge in [-0.3, -0.25) is 4.79 Å². The first-order valence-electron chi connectivity index (χ1n) is 7.23. The maximum Gasteiger partial charge on any atom is 0.263 e.